The second-order valence-corrected chi connectivity index (χ2v) is 4.14. The second kappa shape index (κ2) is 8.12. The first-order chi connectivity index (χ1) is 8.29. The van der Waals surface area contributed by atoms with Gasteiger partial charge in [-0.05, 0) is 26.7 Å². The maximum absolute atomic E-state index is 5.62. The topological polar surface area (TPSA) is 47.0 Å². The maximum atomic E-state index is 5.62. The highest BCUT2D eigenvalue weighted by Gasteiger charge is 2.06. The zero-order chi connectivity index (χ0) is 12.5. The number of nitrogens with zero attached hydrogens (tertiary/aromatic N) is 2. The third-order valence-electron chi connectivity index (χ3n) is 2.42. The van der Waals surface area contributed by atoms with Crippen molar-refractivity contribution in [3.05, 3.63) is 11.9 Å². The highest BCUT2D eigenvalue weighted by atomic mass is 35.5. The van der Waals surface area contributed by atoms with Crippen LogP contribution >= 0.6 is 11.6 Å². The Morgan fingerprint density at radius 3 is 2.82 bits per heavy atom. The first-order valence-corrected chi connectivity index (χ1v) is 6.57. The average molecular weight is 258 g/mol. The molecule has 5 heteroatoms. The van der Waals surface area contributed by atoms with E-state index in [1.165, 1.54) is 6.33 Å². The molecule has 0 atom stereocenters. The molecule has 1 aromatic rings. The van der Waals surface area contributed by atoms with Gasteiger partial charge in [-0.25, -0.2) is 9.97 Å². The Kier molecular flexibility index (Phi) is 6.70. The number of nitrogens with one attached hydrogen (secondary N) is 1. The second-order valence-electron chi connectivity index (χ2n) is 3.76. The Morgan fingerprint density at radius 1 is 1.29 bits per heavy atom. The van der Waals surface area contributed by atoms with Crippen LogP contribution in [0.2, 0.25) is 0 Å². The van der Waals surface area contributed by atoms with Gasteiger partial charge < -0.3 is 10.1 Å². The lowest BCUT2D eigenvalue weighted by Gasteiger charge is -2.11. The van der Waals surface area contributed by atoms with E-state index in [1.54, 1.807) is 0 Å². The number of hydrogen-bond acceptors (Lipinski definition) is 4. The maximum Gasteiger partial charge on any atom is 0.221 e. The molecule has 0 aliphatic heterocycles. The predicted molar refractivity (Wildman–Crippen MR) is 71.0 cm³/mol. The Bertz CT molecular complexity index is 334. The molecule has 1 aromatic heterocycles. The van der Waals surface area contributed by atoms with Crippen LogP contribution in [0.4, 0.5) is 5.82 Å². The van der Waals surface area contributed by atoms with E-state index in [9.17, 15) is 0 Å². The summed E-state index contributed by atoms with van der Waals surface area (Å²) in [6, 6.07) is 0. The molecule has 0 saturated carbocycles. The van der Waals surface area contributed by atoms with Crippen LogP contribution in [0.5, 0.6) is 5.88 Å². The fraction of sp³-hybridized carbons (Fsp3) is 0.667. The normalized spacial score (nSPS) is 10.3. The van der Waals surface area contributed by atoms with Crippen LogP contribution in [0.3, 0.4) is 0 Å². The zero-order valence-electron chi connectivity index (χ0n) is 10.5. The van der Waals surface area contributed by atoms with Crippen molar-refractivity contribution >= 4 is 17.4 Å². The molecule has 0 aliphatic carbocycles. The zero-order valence-corrected chi connectivity index (χ0v) is 11.3. The number of anilines is 1. The van der Waals surface area contributed by atoms with Crippen LogP contribution < -0.4 is 10.1 Å². The number of halogens is 1. The molecule has 1 N–H and O–H groups in total. The van der Waals surface area contributed by atoms with E-state index < -0.39 is 0 Å². The molecule has 96 valence electrons. The van der Waals surface area contributed by atoms with Crippen LogP contribution in [0, 0.1) is 6.92 Å². The molecular weight excluding hydrogens is 238 g/mol. The quantitative estimate of drug-likeness (QED) is 0.575. The Morgan fingerprint density at radius 2 is 2.12 bits per heavy atom. The van der Waals surface area contributed by atoms with E-state index in [2.05, 4.69) is 15.3 Å². The first kappa shape index (κ1) is 14.0. The molecule has 0 amide bonds. The number of aromatic nitrogens is 2. The molecule has 4 nitrogen and oxygen atoms in total. The van der Waals surface area contributed by atoms with Gasteiger partial charge in [-0.15, -0.1) is 11.6 Å². The van der Waals surface area contributed by atoms with E-state index >= 15 is 0 Å². The first-order valence-electron chi connectivity index (χ1n) is 6.03. The molecule has 1 heterocycles. The highest BCUT2D eigenvalue weighted by molar-refractivity contribution is 6.17. The molecule has 0 aromatic carbocycles. The van der Waals surface area contributed by atoms with Crippen molar-refractivity contribution in [2.24, 2.45) is 0 Å². The number of hydrogen-bond donors (Lipinski definition) is 1. The van der Waals surface area contributed by atoms with Crippen molar-refractivity contribution in [1.29, 1.82) is 0 Å². The Balaban J connectivity index is 2.44. The van der Waals surface area contributed by atoms with Crippen molar-refractivity contribution in [1.82, 2.24) is 9.97 Å². The summed E-state index contributed by atoms with van der Waals surface area (Å²) in [6.07, 6.45) is 4.83. The third kappa shape index (κ3) is 4.77. The smallest absolute Gasteiger partial charge is 0.221 e. The van der Waals surface area contributed by atoms with Crippen molar-refractivity contribution < 1.29 is 4.74 Å². The lowest BCUT2D eigenvalue weighted by atomic mass is 10.2. The number of rotatable bonds is 8. The number of unbranched alkanes of at least 4 members (excludes halogenated alkanes) is 2. The summed E-state index contributed by atoms with van der Waals surface area (Å²) in [4.78, 5) is 8.31. The van der Waals surface area contributed by atoms with Crippen LogP contribution in [0.15, 0.2) is 6.33 Å². The molecule has 0 radical (unpaired) electrons. The summed E-state index contributed by atoms with van der Waals surface area (Å²) in [5, 5.41) is 3.30. The molecule has 0 fully saturated rings. The van der Waals surface area contributed by atoms with Gasteiger partial charge >= 0.3 is 0 Å². The minimum atomic E-state index is 0.618. The van der Waals surface area contributed by atoms with Gasteiger partial charge in [-0.2, -0.15) is 0 Å². The van der Waals surface area contributed by atoms with E-state index in [-0.39, 0.29) is 0 Å². The highest BCUT2D eigenvalue weighted by Crippen LogP contribution is 2.20. The molecule has 0 aliphatic rings. The number of ether oxygens (including phenoxy) is 1. The van der Waals surface area contributed by atoms with Gasteiger partial charge in [0.05, 0.1) is 12.2 Å². The lowest BCUT2D eigenvalue weighted by molar-refractivity contribution is 0.324. The summed E-state index contributed by atoms with van der Waals surface area (Å²) in [5.74, 6) is 2.25. The predicted octanol–water partition coefficient (Wildman–Crippen LogP) is 3.00. The molecule has 0 unspecified atom stereocenters. The van der Waals surface area contributed by atoms with Crippen molar-refractivity contribution in [2.75, 3.05) is 24.3 Å². The van der Waals surface area contributed by atoms with Crippen LogP contribution in [-0.4, -0.2) is 29.0 Å². The van der Waals surface area contributed by atoms with Gasteiger partial charge in [-0.1, -0.05) is 6.42 Å². The molecule has 0 saturated heterocycles. The standard InChI is InChI=1S/C12H20ClN3O/c1-3-17-12-10(2)11(15-9-16-12)14-8-6-4-5-7-13/h9H,3-8H2,1-2H3,(H,14,15,16). The number of alkyl halides is 1. The summed E-state index contributed by atoms with van der Waals surface area (Å²) in [5.41, 5.74) is 0.965. The summed E-state index contributed by atoms with van der Waals surface area (Å²) >= 11 is 5.62. The molecule has 17 heavy (non-hydrogen) atoms. The van der Waals surface area contributed by atoms with E-state index in [1.807, 2.05) is 13.8 Å². The van der Waals surface area contributed by atoms with Gasteiger partial charge in [0.2, 0.25) is 5.88 Å². The van der Waals surface area contributed by atoms with E-state index in [0.717, 1.165) is 43.1 Å². The fourth-order valence-corrected chi connectivity index (χ4v) is 1.69. The minimum absolute atomic E-state index is 0.618. The summed E-state index contributed by atoms with van der Waals surface area (Å²) in [7, 11) is 0. The summed E-state index contributed by atoms with van der Waals surface area (Å²) < 4.78 is 5.41. The average Bonchev–Trinajstić information content (AvgIpc) is 2.33. The Hall–Kier alpha value is -1.03. The fourth-order valence-electron chi connectivity index (χ4n) is 1.50. The van der Waals surface area contributed by atoms with Crippen LogP contribution in [-0.2, 0) is 0 Å². The molecular formula is C12H20ClN3O. The molecule has 0 bridgehead atoms. The lowest BCUT2D eigenvalue weighted by Crippen LogP contribution is -2.07. The monoisotopic (exact) mass is 257 g/mol. The Labute approximate surface area is 108 Å². The van der Waals surface area contributed by atoms with Crippen LogP contribution in [0.25, 0.3) is 0 Å². The van der Waals surface area contributed by atoms with Gasteiger partial charge in [-0.3, -0.25) is 0 Å². The van der Waals surface area contributed by atoms with Gasteiger partial charge in [0, 0.05) is 12.4 Å². The van der Waals surface area contributed by atoms with Gasteiger partial charge in [0.1, 0.15) is 12.1 Å². The van der Waals surface area contributed by atoms with Crippen molar-refractivity contribution in [2.45, 2.75) is 33.1 Å². The summed E-state index contributed by atoms with van der Waals surface area (Å²) in [6.45, 7) is 5.43. The van der Waals surface area contributed by atoms with Gasteiger partial charge in [0.15, 0.2) is 0 Å². The molecule has 1 rings (SSSR count). The van der Waals surface area contributed by atoms with Gasteiger partial charge in [0.25, 0.3) is 0 Å². The van der Waals surface area contributed by atoms with Crippen molar-refractivity contribution in [3.8, 4) is 5.88 Å². The SMILES string of the molecule is CCOc1ncnc(NCCCCCCl)c1C. The van der Waals surface area contributed by atoms with E-state index in [0.29, 0.717) is 12.5 Å². The third-order valence-corrected chi connectivity index (χ3v) is 2.69. The van der Waals surface area contributed by atoms with Crippen molar-refractivity contribution in [3.63, 3.8) is 0 Å². The van der Waals surface area contributed by atoms with Crippen LogP contribution in [0.1, 0.15) is 31.7 Å². The largest absolute Gasteiger partial charge is 0.478 e. The molecule has 0 spiro atoms. The minimum Gasteiger partial charge on any atom is -0.478 e. The van der Waals surface area contributed by atoms with E-state index in [4.69, 9.17) is 16.3 Å².